The molecule has 1 atom stereocenters. The van der Waals surface area contributed by atoms with Crippen molar-refractivity contribution in [2.24, 2.45) is 4.99 Å². The second-order valence-corrected chi connectivity index (χ2v) is 5.58. The highest BCUT2D eigenvalue weighted by Crippen LogP contribution is 2.16. The third kappa shape index (κ3) is 5.24. The quantitative estimate of drug-likeness (QED) is 0.417. The molecule has 0 amide bonds. The number of thiophene rings is 1. The lowest BCUT2D eigenvalue weighted by molar-refractivity contribution is 0.659. The van der Waals surface area contributed by atoms with Gasteiger partial charge in [-0.3, -0.25) is 4.99 Å². The molecule has 8 heteroatoms. The number of aryl methyl sites for hydroxylation is 1. The molecule has 0 aliphatic rings. The van der Waals surface area contributed by atoms with E-state index >= 15 is 0 Å². The number of aromatic nitrogens is 3. The van der Waals surface area contributed by atoms with E-state index in [9.17, 15) is 0 Å². The van der Waals surface area contributed by atoms with Crippen LogP contribution in [0.3, 0.4) is 0 Å². The van der Waals surface area contributed by atoms with Crippen molar-refractivity contribution < 1.29 is 0 Å². The van der Waals surface area contributed by atoms with E-state index in [-0.39, 0.29) is 24.0 Å². The van der Waals surface area contributed by atoms with Crippen LogP contribution in [-0.2, 0) is 13.1 Å². The van der Waals surface area contributed by atoms with Crippen molar-refractivity contribution in [3.63, 3.8) is 0 Å². The van der Waals surface area contributed by atoms with Gasteiger partial charge < -0.3 is 15.2 Å². The zero-order chi connectivity index (χ0) is 15.1. The van der Waals surface area contributed by atoms with Crippen LogP contribution in [0.25, 0.3) is 0 Å². The Kier molecular flexibility index (Phi) is 8.39. The second kappa shape index (κ2) is 9.78. The van der Waals surface area contributed by atoms with Crippen LogP contribution in [0.15, 0.2) is 28.1 Å². The first kappa shape index (κ1) is 18.9. The predicted octanol–water partition coefficient (Wildman–Crippen LogP) is 2.45. The van der Waals surface area contributed by atoms with Crippen LogP contribution in [0, 0.1) is 0 Å². The summed E-state index contributed by atoms with van der Waals surface area (Å²) in [5.41, 5.74) is 1.36. The smallest absolute Gasteiger partial charge is 0.191 e. The average molecular weight is 434 g/mol. The van der Waals surface area contributed by atoms with Gasteiger partial charge in [-0.1, -0.05) is 6.92 Å². The fraction of sp³-hybridized carbons (Fsp3) is 0.500. The molecular weight excluding hydrogens is 411 g/mol. The van der Waals surface area contributed by atoms with Crippen LogP contribution in [0.2, 0.25) is 0 Å². The van der Waals surface area contributed by atoms with Crippen molar-refractivity contribution >= 4 is 41.3 Å². The molecule has 0 saturated heterocycles. The number of hydrogen-bond donors (Lipinski definition) is 2. The van der Waals surface area contributed by atoms with Crippen LogP contribution < -0.4 is 10.6 Å². The van der Waals surface area contributed by atoms with Gasteiger partial charge >= 0.3 is 0 Å². The number of nitrogens with zero attached hydrogens (tertiary/aromatic N) is 4. The van der Waals surface area contributed by atoms with Crippen molar-refractivity contribution in [1.29, 1.82) is 0 Å². The molecule has 0 spiro atoms. The summed E-state index contributed by atoms with van der Waals surface area (Å²) in [6.07, 6.45) is 1.74. The van der Waals surface area contributed by atoms with E-state index in [1.165, 1.54) is 5.56 Å². The third-order valence-corrected chi connectivity index (χ3v) is 4.06. The molecule has 0 aliphatic carbocycles. The molecule has 0 aliphatic heterocycles. The highest BCUT2D eigenvalue weighted by Gasteiger charge is 2.08. The topological polar surface area (TPSA) is 67.1 Å². The van der Waals surface area contributed by atoms with E-state index in [0.29, 0.717) is 12.5 Å². The first-order valence-corrected chi connectivity index (χ1v) is 8.02. The summed E-state index contributed by atoms with van der Waals surface area (Å²) in [7, 11) is 1.77. The Labute approximate surface area is 152 Å². The highest BCUT2D eigenvalue weighted by atomic mass is 127. The maximum atomic E-state index is 4.24. The summed E-state index contributed by atoms with van der Waals surface area (Å²) < 4.78 is 2.01. The van der Waals surface area contributed by atoms with Crippen LogP contribution in [0.1, 0.15) is 31.2 Å². The number of guanidine groups is 1. The summed E-state index contributed by atoms with van der Waals surface area (Å²) in [6, 6.07) is 2.16. The maximum absolute atomic E-state index is 4.24. The fourth-order valence-corrected chi connectivity index (χ4v) is 2.77. The molecule has 0 fully saturated rings. The Morgan fingerprint density at radius 3 is 2.91 bits per heavy atom. The molecule has 2 N–H and O–H groups in total. The lowest BCUT2D eigenvalue weighted by Crippen LogP contribution is -2.39. The molecule has 2 aromatic rings. The second-order valence-electron chi connectivity index (χ2n) is 4.80. The lowest BCUT2D eigenvalue weighted by Gasteiger charge is -2.15. The third-order valence-electron chi connectivity index (χ3n) is 3.36. The molecule has 0 bridgehead atoms. The van der Waals surface area contributed by atoms with Gasteiger partial charge in [-0.15, -0.1) is 34.2 Å². The van der Waals surface area contributed by atoms with Crippen LogP contribution >= 0.6 is 35.3 Å². The first-order chi connectivity index (χ1) is 10.2. The summed E-state index contributed by atoms with van der Waals surface area (Å²) in [5, 5.41) is 18.9. The van der Waals surface area contributed by atoms with Gasteiger partial charge in [0, 0.05) is 20.1 Å². The van der Waals surface area contributed by atoms with Crippen LogP contribution in [-0.4, -0.2) is 34.3 Å². The van der Waals surface area contributed by atoms with E-state index in [1.54, 1.807) is 24.7 Å². The minimum atomic E-state index is 0. The summed E-state index contributed by atoms with van der Waals surface area (Å²) in [5.74, 6) is 2.14. The Hall–Kier alpha value is -1.16. The van der Waals surface area contributed by atoms with Gasteiger partial charge in [-0.05, 0) is 35.2 Å². The normalized spacial score (nSPS) is 12.6. The van der Waals surface area contributed by atoms with Crippen molar-refractivity contribution in [2.45, 2.75) is 32.9 Å². The molecule has 6 nitrogen and oxygen atoms in total. The summed E-state index contributed by atoms with van der Waals surface area (Å²) >= 11 is 1.73. The summed E-state index contributed by atoms with van der Waals surface area (Å²) in [4.78, 5) is 4.24. The van der Waals surface area contributed by atoms with Gasteiger partial charge in [0.2, 0.25) is 0 Å². The molecule has 2 aromatic heterocycles. The maximum Gasteiger partial charge on any atom is 0.191 e. The van der Waals surface area contributed by atoms with E-state index in [0.717, 1.165) is 24.9 Å². The Balaban J connectivity index is 0.00000242. The van der Waals surface area contributed by atoms with Crippen LogP contribution in [0.4, 0.5) is 0 Å². The fourth-order valence-electron chi connectivity index (χ4n) is 1.99. The first-order valence-electron chi connectivity index (χ1n) is 7.07. The van der Waals surface area contributed by atoms with E-state index in [2.05, 4.69) is 56.5 Å². The van der Waals surface area contributed by atoms with Gasteiger partial charge in [-0.25, -0.2) is 0 Å². The Morgan fingerprint density at radius 2 is 2.27 bits per heavy atom. The number of halogens is 1. The highest BCUT2D eigenvalue weighted by molar-refractivity contribution is 14.0. The van der Waals surface area contributed by atoms with Crippen molar-refractivity contribution in [1.82, 2.24) is 25.4 Å². The molecule has 2 heterocycles. The SMILES string of the molecule is CCn1cnnc1CNC(=NC)NCC(C)c1ccsc1.I. The molecule has 22 heavy (non-hydrogen) atoms. The molecule has 0 radical (unpaired) electrons. The molecule has 0 aromatic carbocycles. The van der Waals surface area contributed by atoms with E-state index in [1.807, 2.05) is 4.57 Å². The van der Waals surface area contributed by atoms with Crippen molar-refractivity contribution in [3.05, 3.63) is 34.5 Å². The van der Waals surface area contributed by atoms with Crippen molar-refractivity contribution in [3.8, 4) is 0 Å². The standard InChI is InChI=1S/C14H22N6S.HI/c1-4-20-10-18-19-13(20)8-17-14(15-3)16-7-11(2)12-5-6-21-9-12;/h5-6,9-11H,4,7-8H2,1-3H3,(H2,15,16,17);1H. The van der Waals surface area contributed by atoms with Gasteiger partial charge in [0.25, 0.3) is 0 Å². The minimum Gasteiger partial charge on any atom is -0.356 e. The monoisotopic (exact) mass is 434 g/mol. The van der Waals surface area contributed by atoms with Crippen molar-refractivity contribution in [2.75, 3.05) is 13.6 Å². The number of aliphatic imine (C=N–C) groups is 1. The van der Waals surface area contributed by atoms with Gasteiger partial charge in [0.1, 0.15) is 6.33 Å². The Morgan fingerprint density at radius 1 is 1.45 bits per heavy atom. The zero-order valence-electron chi connectivity index (χ0n) is 13.1. The van der Waals surface area contributed by atoms with Gasteiger partial charge in [0.15, 0.2) is 11.8 Å². The number of nitrogens with one attached hydrogen (secondary N) is 2. The van der Waals surface area contributed by atoms with Gasteiger partial charge in [0.05, 0.1) is 6.54 Å². The minimum absolute atomic E-state index is 0. The predicted molar refractivity (Wildman–Crippen MR) is 102 cm³/mol. The molecule has 122 valence electrons. The van der Waals surface area contributed by atoms with E-state index in [4.69, 9.17) is 0 Å². The van der Waals surface area contributed by atoms with Gasteiger partial charge in [-0.2, -0.15) is 11.3 Å². The summed E-state index contributed by atoms with van der Waals surface area (Å²) in [6.45, 7) is 6.60. The lowest BCUT2D eigenvalue weighted by atomic mass is 10.1. The molecule has 2 rings (SSSR count). The molecule has 1 unspecified atom stereocenters. The van der Waals surface area contributed by atoms with E-state index < -0.39 is 0 Å². The number of rotatable bonds is 6. The molecule has 0 saturated carbocycles. The Bertz CT molecular complexity index is 566. The average Bonchev–Trinajstić information content (AvgIpc) is 3.18. The largest absolute Gasteiger partial charge is 0.356 e. The molecular formula is C14H23IN6S. The number of hydrogen-bond acceptors (Lipinski definition) is 4. The van der Waals surface area contributed by atoms with Crippen LogP contribution in [0.5, 0.6) is 0 Å². The zero-order valence-corrected chi connectivity index (χ0v) is 16.3.